The van der Waals surface area contributed by atoms with Crippen LogP contribution in [0, 0.1) is 0 Å². The molecule has 3 atom stereocenters. The molecule has 0 unspecified atom stereocenters. The van der Waals surface area contributed by atoms with E-state index in [1.165, 1.54) is 14.9 Å². The van der Waals surface area contributed by atoms with E-state index in [9.17, 15) is 19.2 Å². The molecule has 3 fully saturated rings. The Kier molecular flexibility index (Phi) is 8.01. The van der Waals surface area contributed by atoms with E-state index in [1.54, 1.807) is 20.8 Å². The molecule has 186 valence electrons. The molecule has 0 aliphatic carbocycles. The second kappa shape index (κ2) is 10.6. The van der Waals surface area contributed by atoms with Crippen molar-refractivity contribution in [1.82, 2.24) is 31.0 Å². The summed E-state index contributed by atoms with van der Waals surface area (Å²) in [6.45, 7) is 9.27. The van der Waals surface area contributed by atoms with Crippen LogP contribution in [-0.2, 0) is 19.2 Å². The van der Waals surface area contributed by atoms with E-state index in [0.717, 1.165) is 12.8 Å². The van der Waals surface area contributed by atoms with Crippen LogP contribution in [0.25, 0.3) is 0 Å². The Morgan fingerprint density at radius 2 is 1.82 bits per heavy atom. The number of piperidine rings is 1. The summed E-state index contributed by atoms with van der Waals surface area (Å²) in [5.41, 5.74) is 4.15. The fraction of sp³-hybridized carbons (Fsp3) is 0.810. The summed E-state index contributed by atoms with van der Waals surface area (Å²) >= 11 is 0. The van der Waals surface area contributed by atoms with Crippen LogP contribution in [0.3, 0.4) is 0 Å². The third-order valence-corrected chi connectivity index (χ3v) is 5.84. The molecule has 0 aromatic carbocycles. The molecule has 5 amide bonds. The molecule has 0 aromatic rings. The summed E-state index contributed by atoms with van der Waals surface area (Å²) in [5.74, 6) is -1.01. The average Bonchev–Trinajstić information content (AvgIpc) is 3.00. The zero-order chi connectivity index (χ0) is 24.2. The first-order valence-corrected chi connectivity index (χ1v) is 11.6. The van der Waals surface area contributed by atoms with Crippen molar-refractivity contribution in [3.8, 4) is 0 Å². The van der Waals surface area contributed by atoms with Gasteiger partial charge >= 0.3 is 12.1 Å². The van der Waals surface area contributed by atoms with Gasteiger partial charge in [0.15, 0.2) is 0 Å². The molecular formula is C21H36N6O6. The zero-order valence-corrected chi connectivity index (χ0v) is 19.9. The largest absolute Gasteiger partial charge is 0.444 e. The van der Waals surface area contributed by atoms with E-state index in [4.69, 9.17) is 9.57 Å². The number of amides is 5. The van der Waals surface area contributed by atoms with E-state index in [-0.39, 0.29) is 18.6 Å². The number of piperazine rings is 1. The fourth-order valence-corrected chi connectivity index (χ4v) is 4.15. The van der Waals surface area contributed by atoms with Gasteiger partial charge in [0.05, 0.1) is 12.6 Å². The van der Waals surface area contributed by atoms with Crippen LogP contribution in [0.15, 0.2) is 0 Å². The number of hydroxylamine groups is 2. The lowest BCUT2D eigenvalue weighted by atomic mass is 10.0. The van der Waals surface area contributed by atoms with Gasteiger partial charge in [-0.2, -0.15) is 5.06 Å². The van der Waals surface area contributed by atoms with Gasteiger partial charge in [-0.3, -0.25) is 30.2 Å². The summed E-state index contributed by atoms with van der Waals surface area (Å²) in [5, 5.41) is 4.46. The number of hydrogen-bond donors (Lipinski definition) is 3. The number of carbonyl (C=O) groups excluding carboxylic acids is 4. The van der Waals surface area contributed by atoms with Gasteiger partial charge < -0.3 is 15.0 Å². The standard InChI is InChI=1S/C21H36N6O6/c1-5-6-11-32-27-14-7-8-15(26(13-14)19(27)30)17(28)23-24-18(29)16-12-22-9-10-25(16)20(31)33-21(2,3)4/h14-16,22H,5-13H2,1-4H3,(H,23,28)(H,24,29)/t14-,15-,16-/m0/s1. The van der Waals surface area contributed by atoms with Crippen LogP contribution in [0.1, 0.15) is 53.4 Å². The number of nitrogens with one attached hydrogen (secondary N) is 3. The normalized spacial score (nSPS) is 25.2. The van der Waals surface area contributed by atoms with Gasteiger partial charge in [0.1, 0.15) is 17.7 Å². The van der Waals surface area contributed by atoms with Crippen LogP contribution in [0.2, 0.25) is 0 Å². The Hall–Kier alpha value is -2.60. The summed E-state index contributed by atoms with van der Waals surface area (Å²) in [7, 11) is 0. The zero-order valence-electron chi connectivity index (χ0n) is 19.9. The smallest absolute Gasteiger partial charge is 0.411 e. The first-order chi connectivity index (χ1) is 15.6. The van der Waals surface area contributed by atoms with Crippen molar-refractivity contribution in [2.75, 3.05) is 32.8 Å². The minimum atomic E-state index is -0.833. The maximum absolute atomic E-state index is 12.8. The summed E-state index contributed by atoms with van der Waals surface area (Å²) in [6.07, 6.45) is 2.34. The van der Waals surface area contributed by atoms with Gasteiger partial charge in [0, 0.05) is 26.2 Å². The van der Waals surface area contributed by atoms with E-state index >= 15 is 0 Å². The highest BCUT2D eigenvalue weighted by Crippen LogP contribution is 2.30. The Morgan fingerprint density at radius 1 is 1.12 bits per heavy atom. The number of rotatable bonds is 6. The number of ether oxygens (including phenoxy) is 1. The number of nitrogens with zero attached hydrogens (tertiary/aromatic N) is 3. The molecule has 3 saturated heterocycles. The molecule has 3 N–H and O–H groups in total. The van der Waals surface area contributed by atoms with E-state index in [1.807, 2.05) is 6.92 Å². The van der Waals surface area contributed by atoms with Gasteiger partial charge in [-0.1, -0.05) is 13.3 Å². The maximum atomic E-state index is 12.8. The van der Waals surface area contributed by atoms with E-state index in [0.29, 0.717) is 39.1 Å². The average molecular weight is 469 g/mol. The van der Waals surface area contributed by atoms with Crippen LogP contribution < -0.4 is 16.2 Å². The van der Waals surface area contributed by atoms with Crippen LogP contribution in [-0.4, -0.2) is 95.3 Å². The molecule has 0 radical (unpaired) electrons. The van der Waals surface area contributed by atoms with Crippen molar-refractivity contribution < 1.29 is 28.8 Å². The minimum Gasteiger partial charge on any atom is -0.444 e. The van der Waals surface area contributed by atoms with Crippen molar-refractivity contribution in [3.05, 3.63) is 0 Å². The highest BCUT2D eigenvalue weighted by Gasteiger charge is 2.48. The lowest BCUT2D eigenvalue weighted by Gasteiger charge is -2.36. The molecular weight excluding hydrogens is 432 g/mol. The quantitative estimate of drug-likeness (QED) is 0.378. The van der Waals surface area contributed by atoms with Crippen molar-refractivity contribution in [2.45, 2.75) is 77.1 Å². The lowest BCUT2D eigenvalue weighted by Crippen LogP contribution is -2.63. The summed E-state index contributed by atoms with van der Waals surface area (Å²) in [4.78, 5) is 59.2. The highest BCUT2D eigenvalue weighted by atomic mass is 16.7. The van der Waals surface area contributed by atoms with Gasteiger partial charge in [-0.05, 0) is 40.0 Å². The number of unbranched alkanes of at least 4 members (excludes halogenated alkanes) is 1. The molecule has 33 heavy (non-hydrogen) atoms. The van der Waals surface area contributed by atoms with E-state index < -0.39 is 35.6 Å². The van der Waals surface area contributed by atoms with Crippen molar-refractivity contribution in [2.24, 2.45) is 0 Å². The molecule has 3 rings (SSSR count). The van der Waals surface area contributed by atoms with E-state index in [2.05, 4.69) is 16.2 Å². The molecule has 3 heterocycles. The first-order valence-electron chi connectivity index (χ1n) is 11.6. The second-order valence-electron chi connectivity index (χ2n) is 9.57. The monoisotopic (exact) mass is 468 g/mol. The second-order valence-corrected chi connectivity index (χ2v) is 9.57. The first kappa shape index (κ1) is 25.0. The topological polar surface area (TPSA) is 133 Å². The molecule has 12 heteroatoms. The van der Waals surface area contributed by atoms with Crippen LogP contribution in [0.4, 0.5) is 9.59 Å². The molecule has 0 saturated carbocycles. The van der Waals surface area contributed by atoms with Gasteiger partial charge in [0.2, 0.25) is 0 Å². The predicted molar refractivity (Wildman–Crippen MR) is 117 cm³/mol. The molecule has 0 aromatic heterocycles. The molecule has 12 nitrogen and oxygen atoms in total. The van der Waals surface area contributed by atoms with Gasteiger partial charge in [-0.15, -0.1) is 0 Å². The molecule has 2 bridgehead atoms. The predicted octanol–water partition coefficient (Wildman–Crippen LogP) is 0.343. The molecule has 0 spiro atoms. The number of hydrazine groups is 1. The Labute approximate surface area is 194 Å². The maximum Gasteiger partial charge on any atom is 0.411 e. The number of hydrogen-bond acceptors (Lipinski definition) is 7. The molecule has 3 aliphatic heterocycles. The number of fused-ring (bicyclic) bond motifs is 2. The summed E-state index contributed by atoms with van der Waals surface area (Å²) < 4.78 is 5.40. The third-order valence-electron chi connectivity index (χ3n) is 5.84. The van der Waals surface area contributed by atoms with Crippen LogP contribution in [0.5, 0.6) is 0 Å². The Bertz CT molecular complexity index is 756. The number of urea groups is 1. The SMILES string of the molecule is CCCCON1C(=O)N2C[C@@H]1CC[C@H]2C(=O)NNC(=O)[C@@H]1CNCCN1C(=O)OC(C)(C)C. The minimum absolute atomic E-state index is 0.0660. The highest BCUT2D eigenvalue weighted by molar-refractivity contribution is 5.91. The van der Waals surface area contributed by atoms with Crippen molar-refractivity contribution in [3.63, 3.8) is 0 Å². The summed E-state index contributed by atoms with van der Waals surface area (Å²) in [6, 6.07) is -1.92. The lowest BCUT2D eigenvalue weighted by molar-refractivity contribution is -0.134. The Morgan fingerprint density at radius 3 is 2.48 bits per heavy atom. The number of carbonyl (C=O) groups is 4. The van der Waals surface area contributed by atoms with Crippen molar-refractivity contribution >= 4 is 23.9 Å². The van der Waals surface area contributed by atoms with Crippen LogP contribution >= 0.6 is 0 Å². The van der Waals surface area contributed by atoms with Gasteiger partial charge in [0.25, 0.3) is 11.8 Å². The fourth-order valence-electron chi connectivity index (χ4n) is 4.15. The Balaban J connectivity index is 1.54. The third kappa shape index (κ3) is 6.05. The van der Waals surface area contributed by atoms with Crippen molar-refractivity contribution in [1.29, 1.82) is 0 Å². The van der Waals surface area contributed by atoms with Gasteiger partial charge in [-0.25, -0.2) is 9.59 Å². The molecule has 3 aliphatic rings.